The van der Waals surface area contributed by atoms with Gasteiger partial charge in [0.05, 0.1) is 29.7 Å². The predicted octanol–water partition coefficient (Wildman–Crippen LogP) is 9.05. The molecule has 5 aromatic rings. The summed E-state index contributed by atoms with van der Waals surface area (Å²) in [4.78, 5) is 21.4. The molecular weight excluding hydrogens is 662 g/mol. The van der Waals surface area contributed by atoms with E-state index in [1.165, 1.54) is 17.5 Å². The Morgan fingerprint density at radius 3 is 2.26 bits per heavy atom. The SMILES string of the molecule is FC1CNC(c2ncc(C3=CC4=C(CC3)C(/C=C/CCc3cnc(C5CCCN5)[nH]3)=NC(c3ccc(-c5ccc(-c6ccccc6)cc5)cc3)O4)[nH]2)C1. The topological polar surface area (TPSA) is 103 Å². The molecule has 1 aliphatic carbocycles. The average molecular weight is 706 g/mol. The van der Waals surface area contributed by atoms with Gasteiger partial charge in [-0.1, -0.05) is 84.9 Å². The van der Waals surface area contributed by atoms with Gasteiger partial charge >= 0.3 is 0 Å². The molecule has 9 rings (SSSR count). The molecule has 8 nitrogen and oxygen atoms in total. The molecule has 3 aliphatic heterocycles. The van der Waals surface area contributed by atoms with Crippen molar-refractivity contribution in [1.29, 1.82) is 0 Å². The molecule has 9 heteroatoms. The molecular formula is C44H44FN7O. The van der Waals surface area contributed by atoms with Gasteiger partial charge in [-0.3, -0.25) is 0 Å². The fourth-order valence-electron chi connectivity index (χ4n) is 7.85. The first-order valence-electron chi connectivity index (χ1n) is 18.9. The van der Waals surface area contributed by atoms with Gasteiger partial charge in [0.1, 0.15) is 23.6 Å². The van der Waals surface area contributed by atoms with Crippen LogP contribution in [0.3, 0.4) is 0 Å². The normalized spacial score (nSPS) is 22.9. The zero-order chi connectivity index (χ0) is 35.6. The Morgan fingerprint density at radius 1 is 0.792 bits per heavy atom. The third kappa shape index (κ3) is 7.32. The highest BCUT2D eigenvalue weighted by Gasteiger charge is 2.30. The fraction of sp³-hybridized carbons (Fsp3) is 0.295. The number of H-pyrrole nitrogens is 2. The lowest BCUT2D eigenvalue weighted by molar-refractivity contribution is 0.127. The monoisotopic (exact) mass is 705 g/mol. The van der Waals surface area contributed by atoms with E-state index in [0.717, 1.165) is 101 Å². The zero-order valence-electron chi connectivity index (χ0n) is 29.7. The quantitative estimate of drug-likeness (QED) is 0.116. The van der Waals surface area contributed by atoms with Crippen molar-refractivity contribution in [2.75, 3.05) is 13.1 Å². The van der Waals surface area contributed by atoms with Crippen LogP contribution in [0.25, 0.3) is 27.8 Å². The maximum atomic E-state index is 13.9. The summed E-state index contributed by atoms with van der Waals surface area (Å²) < 4.78 is 20.6. The molecule has 4 atom stereocenters. The van der Waals surface area contributed by atoms with Gasteiger partial charge in [-0.25, -0.2) is 19.4 Å². The number of allylic oxidation sites excluding steroid dienone is 5. The Kier molecular flexibility index (Phi) is 9.42. The summed E-state index contributed by atoms with van der Waals surface area (Å²) in [5.41, 5.74) is 11.0. The van der Waals surface area contributed by atoms with Crippen LogP contribution in [0.2, 0.25) is 0 Å². The van der Waals surface area contributed by atoms with E-state index in [4.69, 9.17) is 9.73 Å². The Balaban J connectivity index is 0.950. The van der Waals surface area contributed by atoms with Gasteiger partial charge in [-0.2, -0.15) is 0 Å². The van der Waals surface area contributed by atoms with Crippen LogP contribution in [0.15, 0.2) is 126 Å². The summed E-state index contributed by atoms with van der Waals surface area (Å²) in [5, 5.41) is 6.75. The Morgan fingerprint density at radius 2 is 1.53 bits per heavy atom. The number of halogens is 1. The van der Waals surface area contributed by atoms with Crippen molar-refractivity contribution in [2.24, 2.45) is 4.99 Å². The van der Waals surface area contributed by atoms with Gasteiger partial charge in [-0.05, 0) is 85.0 Å². The van der Waals surface area contributed by atoms with E-state index in [1.54, 1.807) is 0 Å². The molecule has 53 heavy (non-hydrogen) atoms. The first kappa shape index (κ1) is 33.5. The van der Waals surface area contributed by atoms with Crippen molar-refractivity contribution in [2.45, 2.75) is 69.4 Å². The van der Waals surface area contributed by atoms with Crippen molar-refractivity contribution in [1.82, 2.24) is 30.6 Å². The van der Waals surface area contributed by atoms with E-state index in [9.17, 15) is 4.39 Å². The highest BCUT2D eigenvalue weighted by Crippen LogP contribution is 2.39. The standard InChI is InChI=1S/C44H44FN7O/c45-34-24-39(47-25-34)43-49-27-40(51-43)33-20-21-36-37(10-5-4-9-35-26-48-42(50-35)38-11-6-22-46-38)52-44(53-41(36)23-33)32-18-16-31(17-19-32)30-14-12-29(13-15-30)28-7-2-1-3-8-28/h1-3,5,7-8,10,12-19,23,26-27,34,38-39,44,46-47H,4,6,9,11,20-22,24-25H2,(H,48,50)(H,49,51)/b10-5+. The van der Waals surface area contributed by atoms with Crippen LogP contribution in [0.5, 0.6) is 0 Å². The zero-order valence-corrected chi connectivity index (χ0v) is 29.7. The van der Waals surface area contributed by atoms with Gasteiger partial charge < -0.3 is 25.3 Å². The molecule has 2 fully saturated rings. The molecule has 4 N–H and O–H groups in total. The third-order valence-electron chi connectivity index (χ3n) is 10.8. The van der Waals surface area contributed by atoms with Crippen molar-refractivity contribution >= 4 is 11.3 Å². The second-order valence-corrected chi connectivity index (χ2v) is 14.4. The van der Waals surface area contributed by atoms with Crippen molar-refractivity contribution in [3.63, 3.8) is 0 Å². The Labute approximate surface area is 309 Å². The summed E-state index contributed by atoms with van der Waals surface area (Å²) in [6, 6.07) is 27.9. The highest BCUT2D eigenvalue weighted by molar-refractivity contribution is 6.10. The number of ether oxygens (including phenoxy) is 1. The van der Waals surface area contributed by atoms with E-state index in [2.05, 4.69) is 122 Å². The summed E-state index contributed by atoms with van der Waals surface area (Å²) >= 11 is 0. The van der Waals surface area contributed by atoms with Crippen molar-refractivity contribution < 1.29 is 9.13 Å². The Bertz CT molecular complexity index is 2170. The molecule has 4 aliphatic rings. The predicted molar refractivity (Wildman–Crippen MR) is 208 cm³/mol. The van der Waals surface area contributed by atoms with Crippen LogP contribution < -0.4 is 10.6 Å². The largest absolute Gasteiger partial charge is 0.464 e. The second kappa shape index (κ2) is 14.9. The van der Waals surface area contributed by atoms with Crippen molar-refractivity contribution in [3.8, 4) is 22.3 Å². The molecule has 0 spiro atoms. The number of hydrogen-bond donors (Lipinski definition) is 4. The first-order valence-corrected chi connectivity index (χ1v) is 18.9. The lowest BCUT2D eigenvalue weighted by atomic mass is 9.91. The molecule has 3 aromatic carbocycles. The van der Waals surface area contributed by atoms with Crippen LogP contribution in [0.1, 0.15) is 85.4 Å². The van der Waals surface area contributed by atoms with E-state index >= 15 is 0 Å². The summed E-state index contributed by atoms with van der Waals surface area (Å²) in [6.07, 6.45) is 15.2. The number of hydrogen-bond acceptors (Lipinski definition) is 6. The van der Waals surface area contributed by atoms with E-state index in [1.807, 2.05) is 18.5 Å². The lowest BCUT2D eigenvalue weighted by Crippen LogP contribution is -2.18. The molecule has 4 unspecified atom stereocenters. The van der Waals surface area contributed by atoms with E-state index in [0.29, 0.717) is 19.0 Å². The number of rotatable bonds is 10. The molecule has 268 valence electrons. The first-order chi connectivity index (χ1) is 26.1. The maximum absolute atomic E-state index is 13.9. The van der Waals surface area contributed by atoms with Gasteiger partial charge in [0.25, 0.3) is 0 Å². The maximum Gasteiger partial charge on any atom is 0.216 e. The van der Waals surface area contributed by atoms with E-state index < -0.39 is 12.4 Å². The van der Waals surface area contributed by atoms with Crippen LogP contribution in [-0.4, -0.2) is 44.9 Å². The number of aliphatic imine (C=N–C) groups is 1. The van der Waals surface area contributed by atoms with E-state index in [-0.39, 0.29) is 6.04 Å². The number of aromatic nitrogens is 4. The number of alkyl halides is 1. The summed E-state index contributed by atoms with van der Waals surface area (Å²) in [6.45, 7) is 1.42. The number of nitrogens with zero attached hydrogens (tertiary/aromatic N) is 3. The van der Waals surface area contributed by atoms with Gasteiger partial charge in [-0.15, -0.1) is 0 Å². The van der Waals surface area contributed by atoms with Crippen LogP contribution in [0, 0.1) is 0 Å². The number of aryl methyl sites for hydroxylation is 1. The van der Waals surface area contributed by atoms with Crippen molar-refractivity contribution in [3.05, 3.63) is 149 Å². The third-order valence-corrected chi connectivity index (χ3v) is 10.8. The van der Waals surface area contributed by atoms with Gasteiger partial charge in [0, 0.05) is 36.0 Å². The number of imidazole rings is 2. The van der Waals surface area contributed by atoms with Crippen LogP contribution >= 0.6 is 0 Å². The molecule has 0 saturated carbocycles. The van der Waals surface area contributed by atoms with Crippen LogP contribution in [-0.2, 0) is 11.2 Å². The minimum Gasteiger partial charge on any atom is -0.464 e. The minimum absolute atomic E-state index is 0.0885. The Hall–Kier alpha value is -5.38. The molecule has 0 bridgehead atoms. The molecule has 0 radical (unpaired) electrons. The number of aromatic amines is 2. The molecule has 2 aromatic heterocycles. The second-order valence-electron chi connectivity index (χ2n) is 14.4. The summed E-state index contributed by atoms with van der Waals surface area (Å²) in [5.74, 6) is 2.67. The van der Waals surface area contributed by atoms with Gasteiger partial charge in [0.2, 0.25) is 6.23 Å². The minimum atomic E-state index is -0.839. The lowest BCUT2D eigenvalue weighted by Gasteiger charge is -2.28. The smallest absolute Gasteiger partial charge is 0.216 e. The summed E-state index contributed by atoms with van der Waals surface area (Å²) in [7, 11) is 0. The fourth-order valence-corrected chi connectivity index (χ4v) is 7.85. The molecule has 5 heterocycles. The van der Waals surface area contributed by atoms with Crippen LogP contribution in [0.4, 0.5) is 4.39 Å². The molecule has 0 amide bonds. The van der Waals surface area contributed by atoms with Gasteiger partial charge in [0.15, 0.2) is 0 Å². The average Bonchev–Trinajstić information content (AvgIpc) is 4.05. The molecule has 2 saturated heterocycles. The highest BCUT2D eigenvalue weighted by atomic mass is 19.1. The number of benzene rings is 3. The number of nitrogens with one attached hydrogen (secondary N) is 4.